The lowest BCUT2D eigenvalue weighted by atomic mass is 10.1. The van der Waals surface area contributed by atoms with Gasteiger partial charge in [0, 0.05) is 18.2 Å². The zero-order valence-electron chi connectivity index (χ0n) is 11.6. The van der Waals surface area contributed by atoms with E-state index in [1.165, 1.54) is 0 Å². The molecule has 0 heterocycles. The zero-order valence-corrected chi connectivity index (χ0v) is 11.6. The molecule has 106 valence electrons. The number of rotatable bonds is 7. The molecule has 1 aromatic carbocycles. The predicted octanol–water partition coefficient (Wildman–Crippen LogP) is 1.13. The number of hydrogen-bond donors (Lipinski definition) is 2. The predicted molar refractivity (Wildman–Crippen MR) is 72.6 cm³/mol. The molecule has 0 aliphatic rings. The molecule has 0 saturated carbocycles. The van der Waals surface area contributed by atoms with Crippen LogP contribution in [0.15, 0.2) is 18.2 Å². The Balaban J connectivity index is 2.58. The van der Waals surface area contributed by atoms with E-state index in [-0.39, 0.29) is 12.3 Å². The average molecular weight is 267 g/mol. The van der Waals surface area contributed by atoms with Gasteiger partial charge in [-0.3, -0.25) is 4.79 Å². The summed E-state index contributed by atoms with van der Waals surface area (Å²) in [5.41, 5.74) is 0.804. The maximum Gasteiger partial charge on any atom is 0.224 e. The smallest absolute Gasteiger partial charge is 0.224 e. The van der Waals surface area contributed by atoms with E-state index in [0.29, 0.717) is 24.5 Å². The average Bonchev–Trinajstić information content (AvgIpc) is 2.38. The van der Waals surface area contributed by atoms with Crippen LogP contribution < -0.4 is 14.8 Å². The molecule has 0 saturated heterocycles. The van der Waals surface area contributed by atoms with Crippen LogP contribution in [0.5, 0.6) is 11.5 Å². The molecule has 1 unspecified atom stereocenters. The van der Waals surface area contributed by atoms with Crippen molar-refractivity contribution in [2.45, 2.75) is 25.9 Å². The molecule has 5 nitrogen and oxygen atoms in total. The van der Waals surface area contributed by atoms with Crippen LogP contribution in [0.4, 0.5) is 0 Å². The number of amides is 1. The maximum absolute atomic E-state index is 11.7. The number of aliphatic hydroxyl groups is 1. The highest BCUT2D eigenvalue weighted by Gasteiger charge is 2.10. The molecule has 0 aromatic heterocycles. The molecular formula is C14H21NO4. The minimum atomic E-state index is -0.407. The summed E-state index contributed by atoms with van der Waals surface area (Å²) in [6, 6.07) is 5.35. The van der Waals surface area contributed by atoms with Gasteiger partial charge in [-0.15, -0.1) is 0 Å². The third kappa shape index (κ3) is 5.18. The Hall–Kier alpha value is -1.75. The summed E-state index contributed by atoms with van der Waals surface area (Å²) in [7, 11) is 3.14. The highest BCUT2D eigenvalue weighted by Crippen LogP contribution is 2.24. The number of carbonyl (C=O) groups excluding carboxylic acids is 1. The minimum Gasteiger partial charge on any atom is -0.497 e. The summed E-state index contributed by atoms with van der Waals surface area (Å²) >= 11 is 0. The van der Waals surface area contributed by atoms with Gasteiger partial charge < -0.3 is 19.9 Å². The topological polar surface area (TPSA) is 67.8 Å². The van der Waals surface area contributed by atoms with Gasteiger partial charge in [-0.25, -0.2) is 0 Å². The van der Waals surface area contributed by atoms with Crippen LogP contribution in [0, 0.1) is 0 Å². The van der Waals surface area contributed by atoms with Crippen molar-refractivity contribution in [3.63, 3.8) is 0 Å². The minimum absolute atomic E-state index is 0.0934. The number of aliphatic hydroxyl groups excluding tert-OH is 1. The van der Waals surface area contributed by atoms with Gasteiger partial charge in [0.1, 0.15) is 11.5 Å². The van der Waals surface area contributed by atoms with Crippen molar-refractivity contribution in [2.24, 2.45) is 0 Å². The first-order valence-electron chi connectivity index (χ1n) is 6.22. The summed E-state index contributed by atoms with van der Waals surface area (Å²) in [6.45, 7) is 2.16. The molecule has 1 amide bonds. The van der Waals surface area contributed by atoms with E-state index in [2.05, 4.69) is 5.32 Å². The van der Waals surface area contributed by atoms with Gasteiger partial charge in [-0.2, -0.15) is 0 Å². The van der Waals surface area contributed by atoms with E-state index in [0.717, 1.165) is 5.56 Å². The summed E-state index contributed by atoms with van der Waals surface area (Å²) in [5.74, 6) is 1.23. The normalized spacial score (nSPS) is 11.8. The summed E-state index contributed by atoms with van der Waals surface area (Å²) in [5, 5.41) is 11.9. The Morgan fingerprint density at radius 3 is 2.68 bits per heavy atom. The molecule has 0 aliphatic heterocycles. The van der Waals surface area contributed by atoms with Crippen LogP contribution in [0.1, 0.15) is 18.9 Å². The first-order valence-corrected chi connectivity index (χ1v) is 6.22. The van der Waals surface area contributed by atoms with Crippen molar-refractivity contribution < 1.29 is 19.4 Å². The second-order valence-electron chi connectivity index (χ2n) is 4.34. The monoisotopic (exact) mass is 267 g/mol. The highest BCUT2D eigenvalue weighted by atomic mass is 16.5. The Bertz CT molecular complexity index is 418. The van der Waals surface area contributed by atoms with Crippen molar-refractivity contribution in [1.82, 2.24) is 5.32 Å². The molecule has 0 radical (unpaired) electrons. The lowest BCUT2D eigenvalue weighted by Gasteiger charge is -2.11. The van der Waals surface area contributed by atoms with Gasteiger partial charge in [0.25, 0.3) is 0 Å². The van der Waals surface area contributed by atoms with Gasteiger partial charge in [-0.1, -0.05) is 6.07 Å². The van der Waals surface area contributed by atoms with Gasteiger partial charge >= 0.3 is 0 Å². The van der Waals surface area contributed by atoms with E-state index < -0.39 is 6.10 Å². The number of benzene rings is 1. The Labute approximate surface area is 113 Å². The third-order valence-electron chi connectivity index (χ3n) is 2.73. The summed E-state index contributed by atoms with van der Waals surface area (Å²) in [4.78, 5) is 11.7. The van der Waals surface area contributed by atoms with E-state index in [9.17, 15) is 4.79 Å². The molecule has 0 spiro atoms. The Kier molecular flexibility index (Phi) is 6.15. The molecule has 19 heavy (non-hydrogen) atoms. The lowest BCUT2D eigenvalue weighted by molar-refractivity contribution is -0.120. The highest BCUT2D eigenvalue weighted by molar-refractivity contribution is 5.79. The van der Waals surface area contributed by atoms with E-state index in [1.807, 2.05) is 6.07 Å². The SMILES string of the molecule is COc1ccc(CC(=O)NCCC(C)O)c(OC)c1. The maximum atomic E-state index is 11.7. The third-order valence-corrected chi connectivity index (χ3v) is 2.73. The molecule has 5 heteroatoms. The van der Waals surface area contributed by atoms with Crippen LogP contribution in [0.2, 0.25) is 0 Å². The van der Waals surface area contributed by atoms with Crippen molar-refractivity contribution in [1.29, 1.82) is 0 Å². The van der Waals surface area contributed by atoms with Crippen molar-refractivity contribution in [3.8, 4) is 11.5 Å². The van der Waals surface area contributed by atoms with Crippen LogP contribution in [-0.2, 0) is 11.2 Å². The van der Waals surface area contributed by atoms with Gasteiger partial charge in [0.15, 0.2) is 0 Å². The van der Waals surface area contributed by atoms with Crippen LogP contribution >= 0.6 is 0 Å². The summed E-state index contributed by atoms with van der Waals surface area (Å²) < 4.78 is 10.3. The molecule has 1 atom stereocenters. The fourth-order valence-electron chi connectivity index (χ4n) is 1.65. The first-order chi connectivity index (χ1) is 9.06. The second-order valence-corrected chi connectivity index (χ2v) is 4.34. The molecular weight excluding hydrogens is 246 g/mol. The quantitative estimate of drug-likeness (QED) is 0.777. The molecule has 2 N–H and O–H groups in total. The number of hydrogen-bond acceptors (Lipinski definition) is 4. The van der Waals surface area contributed by atoms with E-state index >= 15 is 0 Å². The number of nitrogens with one attached hydrogen (secondary N) is 1. The van der Waals surface area contributed by atoms with Crippen LogP contribution in [0.25, 0.3) is 0 Å². The first kappa shape index (κ1) is 15.3. The molecule has 0 aliphatic carbocycles. The molecule has 0 fully saturated rings. The van der Waals surface area contributed by atoms with E-state index in [1.54, 1.807) is 33.3 Å². The standard InChI is InChI=1S/C14H21NO4/c1-10(16)6-7-15-14(17)8-11-4-5-12(18-2)9-13(11)19-3/h4-5,9-10,16H,6-8H2,1-3H3,(H,15,17). The second kappa shape index (κ2) is 7.63. The van der Waals surface area contributed by atoms with Gasteiger partial charge in [0.05, 0.1) is 26.7 Å². The fourth-order valence-corrected chi connectivity index (χ4v) is 1.65. The Morgan fingerprint density at radius 2 is 2.11 bits per heavy atom. The van der Waals surface area contributed by atoms with Crippen LogP contribution in [-0.4, -0.2) is 37.9 Å². The number of methoxy groups -OCH3 is 2. The van der Waals surface area contributed by atoms with Gasteiger partial charge in [-0.05, 0) is 19.4 Å². The zero-order chi connectivity index (χ0) is 14.3. The Morgan fingerprint density at radius 1 is 1.37 bits per heavy atom. The van der Waals surface area contributed by atoms with Crippen molar-refractivity contribution in [2.75, 3.05) is 20.8 Å². The largest absolute Gasteiger partial charge is 0.497 e. The van der Waals surface area contributed by atoms with Crippen LogP contribution in [0.3, 0.4) is 0 Å². The van der Waals surface area contributed by atoms with Gasteiger partial charge in [0.2, 0.25) is 5.91 Å². The van der Waals surface area contributed by atoms with E-state index in [4.69, 9.17) is 14.6 Å². The van der Waals surface area contributed by atoms with Crippen molar-refractivity contribution in [3.05, 3.63) is 23.8 Å². The molecule has 1 rings (SSSR count). The number of carbonyl (C=O) groups is 1. The number of ether oxygens (including phenoxy) is 2. The fraction of sp³-hybridized carbons (Fsp3) is 0.500. The summed E-state index contributed by atoms with van der Waals surface area (Å²) in [6.07, 6.45) is 0.383. The van der Waals surface area contributed by atoms with Crippen molar-refractivity contribution >= 4 is 5.91 Å². The molecule has 1 aromatic rings. The molecule has 0 bridgehead atoms. The lowest BCUT2D eigenvalue weighted by Crippen LogP contribution is -2.28.